The molecule has 0 atom stereocenters. The Morgan fingerprint density at radius 3 is 1.51 bits per heavy atom. The molecule has 1 heterocycles. The predicted octanol–water partition coefficient (Wildman–Crippen LogP) is 9.03. The molecule has 0 bridgehead atoms. The second kappa shape index (κ2) is 9.82. The molecule has 0 spiro atoms. The van der Waals surface area contributed by atoms with E-state index in [1.165, 1.54) is 37.0 Å². The molecule has 0 N–H and O–H groups in total. The van der Waals surface area contributed by atoms with E-state index in [1.807, 2.05) is 66.7 Å². The van der Waals surface area contributed by atoms with E-state index in [0.29, 0.717) is 0 Å². The van der Waals surface area contributed by atoms with Gasteiger partial charge in [-0.2, -0.15) is 0 Å². The van der Waals surface area contributed by atoms with Gasteiger partial charge in [-0.15, -0.1) is 11.3 Å². The van der Waals surface area contributed by atoms with Crippen LogP contribution < -0.4 is 15.9 Å². The highest BCUT2D eigenvalue weighted by Crippen LogP contribution is 2.44. The van der Waals surface area contributed by atoms with Crippen LogP contribution in [0.1, 0.15) is 0 Å². The Hall–Kier alpha value is -4.23. The largest absolute Gasteiger partial charge is 0.309 e. The molecule has 0 unspecified atom stereocenters. The summed E-state index contributed by atoms with van der Waals surface area (Å²) in [7, 11) is -3.04. The first kappa shape index (κ1) is 23.9. The summed E-state index contributed by atoms with van der Waals surface area (Å²) in [5.41, 5.74) is 4.79. The Morgan fingerprint density at radius 1 is 0.385 bits per heavy atom. The number of hydrogen-bond donors (Lipinski definition) is 0. The molecule has 7 aromatic rings. The van der Waals surface area contributed by atoms with E-state index in [9.17, 15) is 4.57 Å². The van der Waals surface area contributed by atoms with Crippen molar-refractivity contribution in [3.05, 3.63) is 152 Å². The third-order valence-corrected chi connectivity index (χ3v) is 11.6. The van der Waals surface area contributed by atoms with Crippen molar-refractivity contribution in [1.82, 2.24) is 0 Å². The van der Waals surface area contributed by atoms with Crippen molar-refractivity contribution in [1.29, 1.82) is 0 Å². The molecule has 1 nitrogen and oxygen atoms in total. The third-order valence-electron chi connectivity index (χ3n) is 7.36. The molecule has 0 aliphatic rings. The fourth-order valence-electron chi connectivity index (χ4n) is 5.37. The van der Waals surface area contributed by atoms with Crippen molar-refractivity contribution in [3.8, 4) is 22.3 Å². The summed E-state index contributed by atoms with van der Waals surface area (Å²) < 4.78 is 17.4. The molecule has 6 aromatic carbocycles. The average molecular weight is 537 g/mol. The van der Waals surface area contributed by atoms with Gasteiger partial charge in [-0.3, -0.25) is 0 Å². The highest BCUT2D eigenvalue weighted by molar-refractivity contribution is 7.85. The first-order valence-corrected chi connectivity index (χ1v) is 15.6. The van der Waals surface area contributed by atoms with E-state index in [4.69, 9.17) is 0 Å². The summed E-state index contributed by atoms with van der Waals surface area (Å²) in [6.07, 6.45) is 0. The van der Waals surface area contributed by atoms with E-state index in [2.05, 4.69) is 84.9 Å². The number of benzene rings is 6. The second-order valence-corrected chi connectivity index (χ2v) is 13.6. The van der Waals surface area contributed by atoms with Crippen LogP contribution in [0, 0.1) is 0 Å². The maximum atomic E-state index is 15.0. The van der Waals surface area contributed by atoms with Gasteiger partial charge < -0.3 is 4.57 Å². The van der Waals surface area contributed by atoms with Crippen molar-refractivity contribution >= 4 is 54.6 Å². The monoisotopic (exact) mass is 536 g/mol. The van der Waals surface area contributed by atoms with Gasteiger partial charge in [-0.25, -0.2) is 0 Å². The van der Waals surface area contributed by atoms with Crippen molar-refractivity contribution in [2.75, 3.05) is 0 Å². The molecule has 0 saturated heterocycles. The van der Waals surface area contributed by atoms with Crippen LogP contribution in [0.4, 0.5) is 0 Å². The van der Waals surface area contributed by atoms with E-state index < -0.39 is 7.14 Å². The smallest absolute Gasteiger partial charge is 0.171 e. The maximum Gasteiger partial charge on any atom is 0.171 e. The first-order valence-electron chi connectivity index (χ1n) is 13.0. The zero-order valence-electron chi connectivity index (χ0n) is 21.2. The molecule has 0 radical (unpaired) electrons. The Morgan fingerprint density at radius 2 is 0.872 bits per heavy atom. The minimum atomic E-state index is -3.04. The van der Waals surface area contributed by atoms with Crippen LogP contribution in [0.5, 0.6) is 0 Å². The molecule has 7 rings (SSSR count). The van der Waals surface area contributed by atoms with Crippen LogP contribution in [0.25, 0.3) is 42.4 Å². The van der Waals surface area contributed by atoms with Crippen molar-refractivity contribution in [2.45, 2.75) is 0 Å². The lowest BCUT2D eigenvalue weighted by Crippen LogP contribution is -2.24. The molecule has 39 heavy (non-hydrogen) atoms. The summed E-state index contributed by atoms with van der Waals surface area (Å²) in [5.74, 6) is 0. The van der Waals surface area contributed by atoms with Gasteiger partial charge >= 0.3 is 0 Å². The first-order chi connectivity index (χ1) is 19.2. The Kier molecular flexibility index (Phi) is 6.01. The van der Waals surface area contributed by atoms with Gasteiger partial charge in [0, 0.05) is 36.1 Å². The number of hydrogen-bond acceptors (Lipinski definition) is 2. The lowest BCUT2D eigenvalue weighted by Gasteiger charge is -2.20. The molecule has 0 aliphatic heterocycles. The average Bonchev–Trinajstić information content (AvgIpc) is 3.39. The van der Waals surface area contributed by atoms with Crippen molar-refractivity contribution in [3.63, 3.8) is 0 Å². The highest BCUT2D eigenvalue weighted by atomic mass is 32.1. The van der Waals surface area contributed by atoms with E-state index in [-0.39, 0.29) is 0 Å². The van der Waals surface area contributed by atoms with Gasteiger partial charge in [-0.05, 0) is 58.7 Å². The summed E-state index contributed by atoms with van der Waals surface area (Å²) >= 11 is 1.79. The van der Waals surface area contributed by atoms with Crippen LogP contribution >= 0.6 is 18.5 Å². The highest BCUT2D eigenvalue weighted by Gasteiger charge is 2.30. The predicted molar refractivity (Wildman–Crippen MR) is 170 cm³/mol. The third kappa shape index (κ3) is 4.23. The van der Waals surface area contributed by atoms with Crippen LogP contribution in [0.3, 0.4) is 0 Å². The minimum absolute atomic E-state index is 0.855. The number of thiophene rings is 1. The second-order valence-electron chi connectivity index (χ2n) is 9.72. The van der Waals surface area contributed by atoms with Crippen LogP contribution in [0.2, 0.25) is 0 Å². The van der Waals surface area contributed by atoms with Gasteiger partial charge in [0.1, 0.15) is 0 Å². The molecule has 0 saturated carbocycles. The Balaban J connectivity index is 1.39. The Labute approximate surface area is 232 Å². The van der Waals surface area contributed by atoms with Crippen molar-refractivity contribution in [2.24, 2.45) is 0 Å². The SMILES string of the molecule is O=P(c1ccccc1)(c1ccccc1)c1ccc2sc3ccc(-c4cccc(-c5ccccc5)c4)cc3c2c1. The van der Waals surface area contributed by atoms with Crippen LogP contribution in [-0.2, 0) is 4.57 Å². The van der Waals surface area contributed by atoms with Gasteiger partial charge in [-0.1, -0.05) is 115 Å². The lowest BCUT2D eigenvalue weighted by atomic mass is 9.98. The normalized spacial score (nSPS) is 11.7. The topological polar surface area (TPSA) is 17.1 Å². The summed E-state index contributed by atoms with van der Waals surface area (Å²) in [6.45, 7) is 0. The summed E-state index contributed by atoms with van der Waals surface area (Å²) in [4.78, 5) is 0. The minimum Gasteiger partial charge on any atom is -0.309 e. The molecule has 3 heteroatoms. The zero-order valence-corrected chi connectivity index (χ0v) is 22.9. The van der Waals surface area contributed by atoms with Gasteiger partial charge in [0.05, 0.1) is 0 Å². The lowest BCUT2D eigenvalue weighted by molar-refractivity contribution is 0.592. The van der Waals surface area contributed by atoms with Crippen LogP contribution in [-0.4, -0.2) is 0 Å². The molecule has 1 aromatic heterocycles. The maximum absolute atomic E-state index is 15.0. The van der Waals surface area contributed by atoms with E-state index in [0.717, 1.165) is 21.3 Å². The summed E-state index contributed by atoms with van der Waals surface area (Å²) in [5, 5.41) is 4.93. The van der Waals surface area contributed by atoms with E-state index >= 15 is 0 Å². The van der Waals surface area contributed by atoms with Gasteiger partial charge in [0.15, 0.2) is 7.14 Å². The van der Waals surface area contributed by atoms with E-state index in [1.54, 1.807) is 11.3 Å². The quantitative estimate of drug-likeness (QED) is 0.201. The summed E-state index contributed by atoms with van der Waals surface area (Å²) in [6, 6.07) is 52.1. The molecule has 0 fully saturated rings. The molecule has 0 aliphatic carbocycles. The molecule has 0 amide bonds. The fourth-order valence-corrected chi connectivity index (χ4v) is 9.11. The zero-order chi connectivity index (χ0) is 26.2. The molecular weight excluding hydrogens is 511 g/mol. The van der Waals surface area contributed by atoms with Gasteiger partial charge in [0.25, 0.3) is 0 Å². The Bertz CT molecular complexity index is 1930. The van der Waals surface area contributed by atoms with Crippen molar-refractivity contribution < 1.29 is 4.57 Å². The fraction of sp³-hybridized carbons (Fsp3) is 0. The van der Waals surface area contributed by atoms with Crippen LogP contribution in [0.15, 0.2) is 152 Å². The molecule has 186 valence electrons. The number of fused-ring (bicyclic) bond motifs is 3. The standard InChI is InChI=1S/C36H25OPS/c37-38(30-15-6-2-7-16-30,31-17-8-3-9-18-31)32-20-22-36-34(25-32)33-24-29(19-21-35(33)39-36)28-14-10-13-27(23-28)26-11-4-1-5-12-26/h1-25H. The molecular formula is C36H25OPS. The number of rotatable bonds is 5. The van der Waals surface area contributed by atoms with Gasteiger partial charge in [0.2, 0.25) is 0 Å².